The van der Waals surface area contributed by atoms with Gasteiger partial charge in [0.15, 0.2) is 11.6 Å². The molecule has 2 fully saturated rings. The predicted octanol–water partition coefficient (Wildman–Crippen LogP) is 4.65. The summed E-state index contributed by atoms with van der Waals surface area (Å²) < 4.78 is 24.9. The molecule has 36 heavy (non-hydrogen) atoms. The second-order valence-corrected chi connectivity index (χ2v) is 10.5. The Morgan fingerprint density at radius 3 is 2.67 bits per heavy atom. The fraction of sp³-hybridized carbons (Fsp3) is 0.577. The lowest BCUT2D eigenvalue weighted by atomic mass is 9.82. The van der Waals surface area contributed by atoms with E-state index in [1.54, 1.807) is 12.3 Å². The van der Waals surface area contributed by atoms with Crippen molar-refractivity contribution >= 4 is 29.1 Å². The van der Waals surface area contributed by atoms with Crippen molar-refractivity contribution in [1.82, 2.24) is 15.3 Å². The number of aromatic nitrogens is 2. The maximum absolute atomic E-state index is 14.6. The van der Waals surface area contributed by atoms with Crippen LogP contribution in [0.2, 0.25) is 5.02 Å². The van der Waals surface area contributed by atoms with Gasteiger partial charge in [-0.05, 0) is 62.1 Å². The first-order valence-corrected chi connectivity index (χ1v) is 12.9. The Kier molecular flexibility index (Phi) is 8.98. The van der Waals surface area contributed by atoms with Crippen molar-refractivity contribution in [1.29, 1.82) is 0 Å². The highest BCUT2D eigenvalue weighted by Gasteiger charge is 2.28. The summed E-state index contributed by atoms with van der Waals surface area (Å²) >= 11 is 6.47. The Balaban J connectivity index is 1.40. The molecule has 3 heterocycles. The Morgan fingerprint density at radius 1 is 1.22 bits per heavy atom. The molecule has 4 rings (SSSR count). The van der Waals surface area contributed by atoms with Crippen molar-refractivity contribution in [2.75, 3.05) is 44.1 Å². The minimum absolute atomic E-state index is 0.0410. The summed E-state index contributed by atoms with van der Waals surface area (Å²) in [6.07, 6.45) is 7.02. The lowest BCUT2D eigenvalue weighted by Gasteiger charge is -2.33. The summed E-state index contributed by atoms with van der Waals surface area (Å²) in [6, 6.07) is 5.31. The van der Waals surface area contributed by atoms with Gasteiger partial charge in [-0.25, -0.2) is 14.4 Å². The molecule has 1 saturated heterocycles. The van der Waals surface area contributed by atoms with Gasteiger partial charge in [0.05, 0.1) is 10.7 Å². The molecule has 8 nitrogen and oxygen atoms in total. The van der Waals surface area contributed by atoms with Crippen LogP contribution in [0, 0.1) is 11.2 Å². The minimum Gasteiger partial charge on any atom is -0.381 e. The third-order valence-electron chi connectivity index (χ3n) is 7.08. The minimum atomic E-state index is -0.396. The maximum Gasteiger partial charge on any atom is 0.246 e. The normalized spacial score (nSPS) is 21.6. The highest BCUT2D eigenvalue weighted by Crippen LogP contribution is 2.33. The van der Waals surface area contributed by atoms with E-state index in [1.165, 1.54) is 13.2 Å². The van der Waals surface area contributed by atoms with Crippen LogP contribution in [0.3, 0.4) is 0 Å². The van der Waals surface area contributed by atoms with E-state index in [9.17, 15) is 9.18 Å². The van der Waals surface area contributed by atoms with Crippen LogP contribution >= 0.6 is 11.6 Å². The molecular formula is C26H35ClFN5O3. The summed E-state index contributed by atoms with van der Waals surface area (Å²) in [4.78, 5) is 20.7. The van der Waals surface area contributed by atoms with Gasteiger partial charge in [-0.3, -0.25) is 4.79 Å². The van der Waals surface area contributed by atoms with Crippen molar-refractivity contribution in [3.63, 3.8) is 0 Å². The lowest BCUT2D eigenvalue weighted by Crippen LogP contribution is -2.41. The van der Waals surface area contributed by atoms with Crippen LogP contribution in [0.15, 0.2) is 24.4 Å². The quantitative estimate of drug-likeness (QED) is 0.443. The van der Waals surface area contributed by atoms with Gasteiger partial charge in [0.25, 0.3) is 0 Å². The Labute approximate surface area is 216 Å². The van der Waals surface area contributed by atoms with Crippen LogP contribution in [0.25, 0.3) is 11.3 Å². The lowest BCUT2D eigenvalue weighted by molar-refractivity contribution is -0.125. The van der Waals surface area contributed by atoms with Crippen LogP contribution in [-0.2, 0) is 14.3 Å². The van der Waals surface area contributed by atoms with Crippen LogP contribution < -0.4 is 16.0 Å². The molecule has 0 atom stereocenters. The number of hydrogen-bond donors (Lipinski definition) is 3. The number of rotatable bonds is 9. The summed E-state index contributed by atoms with van der Waals surface area (Å²) in [5.74, 6) is 0.431. The van der Waals surface area contributed by atoms with E-state index in [4.69, 9.17) is 21.1 Å². The average molecular weight is 520 g/mol. The highest BCUT2D eigenvalue weighted by atomic mass is 35.5. The Bertz CT molecular complexity index is 1040. The predicted molar refractivity (Wildman–Crippen MR) is 139 cm³/mol. The number of ether oxygens (including phenoxy) is 2. The molecule has 3 N–H and O–H groups in total. The van der Waals surface area contributed by atoms with E-state index in [1.807, 2.05) is 6.07 Å². The fourth-order valence-electron chi connectivity index (χ4n) is 4.76. The zero-order chi connectivity index (χ0) is 25.5. The van der Waals surface area contributed by atoms with Gasteiger partial charge in [0, 0.05) is 50.7 Å². The van der Waals surface area contributed by atoms with Gasteiger partial charge in [-0.2, -0.15) is 0 Å². The molecule has 0 spiro atoms. The molecule has 1 aliphatic heterocycles. The van der Waals surface area contributed by atoms with Gasteiger partial charge in [0.2, 0.25) is 5.91 Å². The molecule has 2 aliphatic rings. The van der Waals surface area contributed by atoms with Crippen molar-refractivity contribution in [2.45, 2.75) is 57.5 Å². The van der Waals surface area contributed by atoms with Crippen LogP contribution in [0.4, 0.5) is 16.0 Å². The van der Waals surface area contributed by atoms with E-state index in [-0.39, 0.29) is 35.8 Å². The largest absolute Gasteiger partial charge is 0.381 e. The van der Waals surface area contributed by atoms with Crippen LogP contribution in [-0.4, -0.2) is 61.4 Å². The first-order valence-electron chi connectivity index (χ1n) is 12.5. The third-order valence-corrected chi connectivity index (χ3v) is 7.38. The Hall–Kier alpha value is -2.49. The molecule has 1 aliphatic carbocycles. The van der Waals surface area contributed by atoms with E-state index < -0.39 is 5.82 Å². The summed E-state index contributed by atoms with van der Waals surface area (Å²) in [7, 11) is 1.51. The fourth-order valence-corrected chi connectivity index (χ4v) is 4.96. The van der Waals surface area contributed by atoms with E-state index in [0.29, 0.717) is 28.6 Å². The number of carbonyl (C=O) groups is 1. The number of nitrogens with zero attached hydrogens (tertiary/aromatic N) is 2. The van der Waals surface area contributed by atoms with Gasteiger partial charge >= 0.3 is 0 Å². The van der Waals surface area contributed by atoms with Crippen LogP contribution in [0.1, 0.15) is 45.4 Å². The molecule has 0 radical (unpaired) electrons. The second-order valence-electron chi connectivity index (χ2n) is 10.0. The molecule has 2 aromatic rings. The number of halogens is 2. The molecule has 0 bridgehead atoms. The monoisotopic (exact) mass is 519 g/mol. The summed E-state index contributed by atoms with van der Waals surface area (Å²) in [5, 5.41) is 10.1. The van der Waals surface area contributed by atoms with E-state index in [2.05, 4.69) is 32.8 Å². The number of pyridine rings is 2. The van der Waals surface area contributed by atoms with Gasteiger partial charge < -0.3 is 25.4 Å². The van der Waals surface area contributed by atoms with Gasteiger partial charge in [-0.1, -0.05) is 18.5 Å². The molecule has 196 valence electrons. The molecule has 2 aromatic heterocycles. The highest BCUT2D eigenvalue weighted by molar-refractivity contribution is 6.33. The molecule has 0 unspecified atom stereocenters. The number of anilines is 2. The molecular weight excluding hydrogens is 485 g/mol. The number of methoxy groups -OCH3 is 1. The smallest absolute Gasteiger partial charge is 0.246 e. The first kappa shape index (κ1) is 26.6. The third kappa shape index (κ3) is 7.05. The number of nitrogens with one attached hydrogen (secondary N) is 3. The number of hydrogen-bond acceptors (Lipinski definition) is 7. The first-order chi connectivity index (χ1) is 17.3. The van der Waals surface area contributed by atoms with Crippen molar-refractivity contribution in [2.24, 2.45) is 5.41 Å². The SMILES string of the molecule is COCC(=O)NC1CCC(Nc2cc(-c3ccc(F)c(NCC4(C)CCOCC4)n3)c(Cl)cn2)CC1. The number of carbonyl (C=O) groups excluding carboxylic acids is 1. The van der Waals surface area contributed by atoms with E-state index >= 15 is 0 Å². The zero-order valence-electron chi connectivity index (χ0n) is 20.9. The zero-order valence-corrected chi connectivity index (χ0v) is 21.7. The molecule has 1 saturated carbocycles. The summed E-state index contributed by atoms with van der Waals surface area (Å²) in [6.45, 7) is 4.33. The van der Waals surface area contributed by atoms with Gasteiger partial charge in [0.1, 0.15) is 12.4 Å². The van der Waals surface area contributed by atoms with Crippen molar-refractivity contribution < 1.29 is 18.7 Å². The second kappa shape index (κ2) is 12.2. The summed E-state index contributed by atoms with van der Waals surface area (Å²) in [5.41, 5.74) is 1.31. The maximum atomic E-state index is 14.6. The topological polar surface area (TPSA) is 97.4 Å². The van der Waals surface area contributed by atoms with E-state index in [0.717, 1.165) is 51.7 Å². The van der Waals surface area contributed by atoms with Crippen molar-refractivity contribution in [3.8, 4) is 11.3 Å². The van der Waals surface area contributed by atoms with Gasteiger partial charge in [-0.15, -0.1) is 0 Å². The number of amides is 1. The molecule has 1 amide bonds. The van der Waals surface area contributed by atoms with Crippen LogP contribution in [0.5, 0.6) is 0 Å². The van der Waals surface area contributed by atoms with Crippen molar-refractivity contribution in [3.05, 3.63) is 35.2 Å². The Morgan fingerprint density at radius 2 is 1.94 bits per heavy atom. The molecule has 0 aromatic carbocycles. The molecule has 10 heteroatoms. The standard InChI is InChI=1S/C26H35ClFN5O3/c1-26(9-11-36-12-10-26)16-30-25-21(28)7-8-22(33-25)19-13-23(29-14-20(19)27)31-17-3-5-18(6-4-17)32-24(34)15-35-2/h7-8,13-14,17-18H,3-6,9-12,15-16H2,1-2H3,(H,29,31)(H,30,33)(H,32,34). The average Bonchev–Trinajstić information content (AvgIpc) is 2.87.